The van der Waals surface area contributed by atoms with Crippen molar-refractivity contribution in [2.24, 2.45) is 10.2 Å². The Morgan fingerprint density at radius 3 is 2.15 bits per heavy atom. The van der Waals surface area contributed by atoms with Crippen LogP contribution in [0.1, 0.15) is 10.4 Å². The van der Waals surface area contributed by atoms with Gasteiger partial charge in [0.2, 0.25) is 10.4 Å². The molecule has 55 heavy (non-hydrogen) atoms. The fourth-order valence-corrected chi connectivity index (χ4v) is 5.97. The van der Waals surface area contributed by atoms with Gasteiger partial charge in [-0.15, -0.1) is 15.2 Å². The number of hydrogen-bond donors (Lipinski definition) is 3. The van der Waals surface area contributed by atoms with Crippen LogP contribution in [-0.2, 0) is 43.2 Å². The number of aromatic nitrogens is 4. The summed E-state index contributed by atoms with van der Waals surface area (Å²) >= 11 is 0.721. The van der Waals surface area contributed by atoms with E-state index >= 15 is 0 Å². The van der Waals surface area contributed by atoms with E-state index in [0.29, 0.717) is 24.1 Å². The van der Waals surface area contributed by atoms with Gasteiger partial charge >= 0.3 is 136 Å². The first-order valence-electron chi connectivity index (χ1n) is 12.8. The standard InChI is InChI=1S/C23H21N9O14S4.ClH.4Na/c24-14-9-15(26-22-27-21(25)28-23(29-22)32-5-1-2-12(11-32)20(33)34)16(10-19(14)48-46-44-36)30-31-17-8-13(3-4-18(17)47-45-43-35)49(37,38)7-6-42-50(39,40)41;;;;;/h1-5,8-11H,6-7H2,(H8-,24,25,26,27,28,29,31,33,34,35,36,39,40,41);1H;;;;/q;;4*+1/p-4. The van der Waals surface area contributed by atoms with Gasteiger partial charge in [0.15, 0.2) is 9.84 Å². The third-order valence-corrected chi connectivity index (χ3v) is 9.16. The number of anilines is 4. The van der Waals surface area contributed by atoms with Crippen LogP contribution in [0, 0.1) is 0 Å². The molecule has 2 heterocycles. The zero-order valence-electron chi connectivity index (χ0n) is 28.7. The topological polar surface area (TPSA) is 355 Å². The molecule has 0 aliphatic heterocycles. The number of benzene rings is 2. The van der Waals surface area contributed by atoms with Crippen molar-refractivity contribution in [3.8, 4) is 5.95 Å². The number of carbonyl (C=O) groups is 1. The largest absolute Gasteiger partial charge is 1.00 e. The molecule has 274 valence electrons. The number of nitrogens with one attached hydrogen (secondary N) is 1. The third kappa shape index (κ3) is 17.8. The summed E-state index contributed by atoms with van der Waals surface area (Å²) in [6.45, 7) is -0.977. The predicted octanol–water partition coefficient (Wildman–Crippen LogP) is -16.4. The minimum Gasteiger partial charge on any atom is -1.00 e. The minimum absolute atomic E-state index is 0. The van der Waals surface area contributed by atoms with Crippen molar-refractivity contribution in [2.45, 2.75) is 14.7 Å². The molecular weight excluding hydrogens is 882 g/mol. The van der Waals surface area contributed by atoms with Crippen LogP contribution in [-0.4, -0.2) is 54.7 Å². The molecule has 0 bridgehead atoms. The summed E-state index contributed by atoms with van der Waals surface area (Å²) in [7, 11) is -9.44. The van der Waals surface area contributed by atoms with E-state index in [0.717, 1.165) is 18.2 Å². The average Bonchev–Trinajstić information content (AvgIpc) is 3.05. The maximum atomic E-state index is 12.8. The minimum atomic E-state index is -5.16. The van der Waals surface area contributed by atoms with Crippen LogP contribution in [0.25, 0.3) is 5.95 Å². The van der Waals surface area contributed by atoms with Crippen molar-refractivity contribution in [1.82, 2.24) is 15.0 Å². The molecule has 2 aromatic heterocycles. The fourth-order valence-electron chi connectivity index (χ4n) is 3.65. The third-order valence-electron chi connectivity index (χ3n) is 5.72. The summed E-state index contributed by atoms with van der Waals surface area (Å²) in [5.74, 6) is -3.01. The number of sulfone groups is 1. The second-order valence-electron chi connectivity index (χ2n) is 8.95. The SMILES string of the molecule is Nc1nc(Nc2cc(N)c(SOO[O-])cc2N=Nc2cc(S(=O)(=O)CCOS(=O)(=O)[O-])ccc2SOO[O-])nc(-[n+]2cccc(C(=O)[O-])c2)n1.[Cl-].[Na+].[Na+].[Na+].[Na+]. The monoisotopic (exact) mass is 899 g/mol. The Kier molecular flexibility index (Phi) is 27.5. The van der Waals surface area contributed by atoms with Crippen LogP contribution >= 0.6 is 24.1 Å². The van der Waals surface area contributed by atoms with Crippen molar-refractivity contribution in [2.75, 3.05) is 29.1 Å². The number of rotatable bonds is 17. The van der Waals surface area contributed by atoms with Crippen LogP contribution in [0.2, 0.25) is 0 Å². The van der Waals surface area contributed by atoms with Crippen LogP contribution in [0.5, 0.6) is 0 Å². The van der Waals surface area contributed by atoms with Crippen molar-refractivity contribution in [3.05, 3.63) is 60.4 Å². The number of halogens is 1. The summed E-state index contributed by atoms with van der Waals surface area (Å²) in [5.41, 5.74) is 11.4. The quantitative estimate of drug-likeness (QED) is 0.0102. The molecule has 0 radical (unpaired) electrons. The number of aromatic carboxylic acids is 1. The molecule has 32 heteroatoms. The Hall–Kier alpha value is -0.360. The molecule has 0 spiro atoms. The zero-order chi connectivity index (χ0) is 36.5. The molecule has 23 nitrogen and oxygen atoms in total. The molecule has 4 rings (SSSR count). The van der Waals surface area contributed by atoms with Crippen molar-refractivity contribution < 1.29 is 200 Å². The van der Waals surface area contributed by atoms with E-state index in [9.17, 15) is 41.8 Å². The number of carboxylic acid groups (broad SMARTS) is 1. The zero-order valence-corrected chi connectivity index (χ0v) is 40.7. The Morgan fingerprint density at radius 2 is 1.53 bits per heavy atom. The molecule has 0 atom stereocenters. The summed E-state index contributed by atoms with van der Waals surface area (Å²) in [5, 5.41) is 49.9. The number of carbonyl (C=O) groups excluding carboxylic acids is 1. The molecule has 0 unspecified atom stereocenters. The Bertz CT molecular complexity index is 2150. The van der Waals surface area contributed by atoms with E-state index in [-0.39, 0.29) is 187 Å². The Labute approximate surface area is 414 Å². The van der Waals surface area contributed by atoms with Gasteiger partial charge in [-0.2, -0.15) is 8.67 Å². The van der Waals surface area contributed by atoms with Crippen LogP contribution in [0.3, 0.4) is 0 Å². The number of hydrogen-bond acceptors (Lipinski definition) is 24. The Balaban J connectivity index is 0. The van der Waals surface area contributed by atoms with Gasteiger partial charge in [-0.1, -0.05) is 0 Å². The van der Waals surface area contributed by atoms with Gasteiger partial charge in [0, 0.05) is 11.3 Å². The molecule has 4 aromatic rings. The second kappa shape index (κ2) is 26.7. The molecule has 0 saturated carbocycles. The second-order valence-corrected chi connectivity index (χ2v) is 13.6. The van der Waals surface area contributed by atoms with Crippen LogP contribution < -0.4 is 168 Å². The first-order chi connectivity index (χ1) is 23.7. The number of carboxylic acids is 1. The maximum Gasteiger partial charge on any atom is 1.00 e. The van der Waals surface area contributed by atoms with Crippen LogP contribution in [0.4, 0.5) is 34.6 Å². The predicted molar refractivity (Wildman–Crippen MR) is 159 cm³/mol. The van der Waals surface area contributed by atoms with Crippen molar-refractivity contribution in [3.63, 3.8) is 0 Å². The van der Waals surface area contributed by atoms with E-state index in [2.05, 4.69) is 53.4 Å². The van der Waals surface area contributed by atoms with Gasteiger partial charge in [-0.25, -0.2) is 21.4 Å². The van der Waals surface area contributed by atoms with Gasteiger partial charge in [-0.3, -0.25) is 14.3 Å². The van der Waals surface area contributed by atoms with E-state index in [4.69, 9.17) is 11.5 Å². The molecule has 0 saturated heterocycles. The Morgan fingerprint density at radius 1 is 0.891 bits per heavy atom. The number of pyridine rings is 1. The number of azo groups is 1. The summed E-state index contributed by atoms with van der Waals surface area (Å²) in [6, 6.07) is 8.40. The number of nitrogen functional groups attached to an aromatic ring is 2. The van der Waals surface area contributed by atoms with Gasteiger partial charge < -0.3 is 54.2 Å². The molecule has 0 fully saturated rings. The van der Waals surface area contributed by atoms with E-state index < -0.39 is 43.5 Å². The maximum absolute atomic E-state index is 12.8. The summed E-state index contributed by atoms with van der Waals surface area (Å²) < 4.78 is 71.6. The number of nitrogens with two attached hydrogens (primary N) is 2. The van der Waals surface area contributed by atoms with Gasteiger partial charge in [0.1, 0.15) is 11.4 Å². The summed E-state index contributed by atoms with van der Waals surface area (Å²) in [4.78, 5) is 23.2. The molecule has 2 aromatic carbocycles. The van der Waals surface area contributed by atoms with Crippen LogP contribution in [0.15, 0.2) is 79.8 Å². The molecule has 5 N–H and O–H groups in total. The van der Waals surface area contributed by atoms with Gasteiger partial charge in [0.05, 0.1) is 75.2 Å². The van der Waals surface area contributed by atoms with E-state index in [1.54, 1.807) is 0 Å². The smallest absolute Gasteiger partial charge is 1.00 e. The van der Waals surface area contributed by atoms with E-state index in [1.807, 2.05) is 0 Å². The van der Waals surface area contributed by atoms with Crippen molar-refractivity contribution in [1.29, 1.82) is 0 Å². The fraction of sp³-hybridized carbons (Fsp3) is 0.0870. The molecule has 0 amide bonds. The van der Waals surface area contributed by atoms with Crippen molar-refractivity contribution >= 4 is 84.9 Å². The first kappa shape index (κ1) is 56.7. The van der Waals surface area contributed by atoms with Gasteiger partial charge in [0.25, 0.3) is 0 Å². The normalized spacial score (nSPS) is 10.9. The number of nitrogens with zero attached hydrogens (tertiary/aromatic N) is 6. The molecule has 0 aliphatic carbocycles. The molecular formula is C23H18ClN9Na4O14S4. The molecule has 0 aliphatic rings. The first-order valence-corrected chi connectivity index (χ1v) is 17.3. The summed E-state index contributed by atoms with van der Waals surface area (Å²) in [6.07, 6.45) is 2.59. The average molecular weight is 900 g/mol. The van der Waals surface area contributed by atoms with Gasteiger partial charge in [-0.05, 0) is 52.4 Å². The van der Waals surface area contributed by atoms with E-state index in [1.165, 1.54) is 41.2 Å².